The van der Waals surface area contributed by atoms with Crippen LogP contribution in [0.2, 0.25) is 0 Å². The molecule has 0 saturated carbocycles. The topological polar surface area (TPSA) is 55.4 Å². The number of esters is 1. The number of nitrogens with one attached hydrogen (secondary N) is 1. The van der Waals surface area contributed by atoms with Crippen LogP contribution in [-0.2, 0) is 14.3 Å². The first-order chi connectivity index (χ1) is 14.0. The molecular weight excluding hydrogens is 382 g/mol. The molecule has 0 spiro atoms. The number of rotatable bonds is 7. The van der Waals surface area contributed by atoms with E-state index in [4.69, 9.17) is 4.74 Å². The molecule has 0 aliphatic heterocycles. The summed E-state index contributed by atoms with van der Waals surface area (Å²) in [5, 5.41) is 2.26. The summed E-state index contributed by atoms with van der Waals surface area (Å²) in [5.41, 5.74) is 3.56. The Kier molecular flexibility index (Phi) is 7.09. The Hall–Kier alpha value is -3.05. The summed E-state index contributed by atoms with van der Waals surface area (Å²) in [4.78, 5) is 26.1. The van der Waals surface area contributed by atoms with Gasteiger partial charge in [0.25, 0.3) is 5.91 Å². The van der Waals surface area contributed by atoms with Crippen LogP contribution in [-0.4, -0.2) is 18.5 Å². The van der Waals surface area contributed by atoms with E-state index >= 15 is 0 Å². The Balaban J connectivity index is 1.66. The molecule has 0 fully saturated rings. The van der Waals surface area contributed by atoms with Gasteiger partial charge < -0.3 is 10.1 Å². The normalized spacial score (nSPS) is 11.5. The van der Waals surface area contributed by atoms with Crippen molar-refractivity contribution in [1.82, 2.24) is 0 Å². The number of benzene rings is 3. The Labute approximate surface area is 175 Å². The molecule has 1 amide bonds. The maximum Gasteiger partial charge on any atom is 0.324 e. The third-order valence-corrected chi connectivity index (χ3v) is 5.57. The summed E-state index contributed by atoms with van der Waals surface area (Å²) in [6.45, 7) is 3.55. The lowest BCUT2D eigenvalue weighted by atomic mass is 10.1. The quantitative estimate of drug-likeness (QED) is 0.427. The number of hydrogen-bond acceptors (Lipinski definition) is 4. The molecule has 1 N–H and O–H groups in total. The van der Waals surface area contributed by atoms with Gasteiger partial charge >= 0.3 is 5.97 Å². The van der Waals surface area contributed by atoms with Crippen LogP contribution in [0.3, 0.4) is 0 Å². The largest absolute Gasteiger partial charge is 0.454 e. The molecule has 3 aromatic rings. The van der Waals surface area contributed by atoms with Crippen molar-refractivity contribution in [2.24, 2.45) is 0 Å². The van der Waals surface area contributed by atoms with E-state index in [-0.39, 0.29) is 12.5 Å². The van der Waals surface area contributed by atoms with Crippen molar-refractivity contribution in [3.8, 4) is 0 Å². The van der Waals surface area contributed by atoms with Gasteiger partial charge in [0.15, 0.2) is 6.61 Å². The number of hydrogen-bond donors (Lipinski definition) is 1. The maximum atomic E-state index is 12.8. The lowest BCUT2D eigenvalue weighted by Crippen LogP contribution is -2.23. The van der Waals surface area contributed by atoms with Crippen molar-refractivity contribution < 1.29 is 14.3 Å². The molecule has 0 bridgehead atoms. The SMILES string of the molecule is Cc1ccc(C)c(NC(=O)COC(=O)[C@@H](Sc2ccccc2)c2ccccc2)c1. The summed E-state index contributed by atoms with van der Waals surface area (Å²) >= 11 is 1.40. The molecule has 148 valence electrons. The van der Waals surface area contributed by atoms with E-state index < -0.39 is 11.2 Å². The third kappa shape index (κ3) is 5.96. The van der Waals surface area contributed by atoms with E-state index in [1.807, 2.05) is 92.7 Å². The smallest absolute Gasteiger partial charge is 0.324 e. The van der Waals surface area contributed by atoms with E-state index in [0.717, 1.165) is 27.3 Å². The number of carbonyl (C=O) groups excluding carboxylic acids is 2. The molecule has 0 aliphatic carbocycles. The molecule has 5 heteroatoms. The number of carbonyl (C=O) groups is 2. The van der Waals surface area contributed by atoms with Gasteiger partial charge in [-0.15, -0.1) is 11.8 Å². The average Bonchev–Trinajstić information content (AvgIpc) is 2.74. The minimum Gasteiger partial charge on any atom is -0.454 e. The van der Waals surface area contributed by atoms with Gasteiger partial charge in [0.1, 0.15) is 5.25 Å². The van der Waals surface area contributed by atoms with Crippen LogP contribution in [0.5, 0.6) is 0 Å². The molecule has 0 heterocycles. The van der Waals surface area contributed by atoms with Crippen molar-refractivity contribution >= 4 is 29.3 Å². The molecule has 0 aliphatic rings. The zero-order chi connectivity index (χ0) is 20.6. The first-order valence-electron chi connectivity index (χ1n) is 9.33. The summed E-state index contributed by atoms with van der Waals surface area (Å²) < 4.78 is 5.36. The van der Waals surface area contributed by atoms with Crippen molar-refractivity contribution in [3.63, 3.8) is 0 Å². The first-order valence-corrected chi connectivity index (χ1v) is 10.2. The zero-order valence-corrected chi connectivity index (χ0v) is 17.2. The van der Waals surface area contributed by atoms with Gasteiger partial charge in [-0.1, -0.05) is 60.7 Å². The Morgan fingerprint density at radius 3 is 2.28 bits per heavy atom. The van der Waals surface area contributed by atoms with Crippen LogP contribution < -0.4 is 5.32 Å². The van der Waals surface area contributed by atoms with Gasteiger partial charge in [-0.25, -0.2) is 0 Å². The highest BCUT2D eigenvalue weighted by Gasteiger charge is 2.24. The third-order valence-electron chi connectivity index (χ3n) is 4.33. The van der Waals surface area contributed by atoms with Gasteiger partial charge in [0, 0.05) is 10.6 Å². The second-order valence-corrected chi connectivity index (χ2v) is 7.87. The van der Waals surface area contributed by atoms with E-state index in [0.29, 0.717) is 0 Å². The fourth-order valence-corrected chi connectivity index (χ4v) is 3.83. The van der Waals surface area contributed by atoms with Crippen LogP contribution >= 0.6 is 11.8 Å². The molecule has 3 aromatic carbocycles. The van der Waals surface area contributed by atoms with E-state index in [9.17, 15) is 9.59 Å². The van der Waals surface area contributed by atoms with Crippen molar-refractivity contribution in [1.29, 1.82) is 0 Å². The predicted molar refractivity (Wildman–Crippen MR) is 117 cm³/mol. The second-order valence-electron chi connectivity index (χ2n) is 6.70. The van der Waals surface area contributed by atoms with Gasteiger partial charge in [-0.3, -0.25) is 9.59 Å². The summed E-state index contributed by atoms with van der Waals surface area (Å²) in [5.74, 6) is -0.801. The van der Waals surface area contributed by atoms with E-state index in [1.165, 1.54) is 11.8 Å². The standard InChI is InChI=1S/C24H23NO3S/c1-17-13-14-18(2)21(15-17)25-22(26)16-28-24(27)23(19-9-5-3-6-10-19)29-20-11-7-4-8-12-20/h3-15,23H,16H2,1-2H3,(H,25,26)/t23-/m0/s1. The number of anilines is 1. The van der Waals surface area contributed by atoms with Crippen LogP contribution in [0.4, 0.5) is 5.69 Å². The van der Waals surface area contributed by atoms with Crippen LogP contribution in [0.25, 0.3) is 0 Å². The highest BCUT2D eigenvalue weighted by atomic mass is 32.2. The van der Waals surface area contributed by atoms with Gasteiger partial charge in [0.2, 0.25) is 0 Å². The molecule has 0 unspecified atom stereocenters. The van der Waals surface area contributed by atoms with Crippen molar-refractivity contribution in [3.05, 3.63) is 95.6 Å². The monoisotopic (exact) mass is 405 g/mol. The predicted octanol–water partition coefficient (Wildman–Crippen LogP) is 5.32. The van der Waals surface area contributed by atoms with Gasteiger partial charge in [-0.05, 0) is 48.7 Å². The molecule has 0 saturated heterocycles. The summed E-state index contributed by atoms with van der Waals surface area (Å²) in [6, 6.07) is 24.9. The van der Waals surface area contributed by atoms with Crippen LogP contribution in [0, 0.1) is 13.8 Å². The van der Waals surface area contributed by atoms with Gasteiger partial charge in [-0.2, -0.15) is 0 Å². The van der Waals surface area contributed by atoms with E-state index in [1.54, 1.807) is 0 Å². The summed E-state index contributed by atoms with van der Waals surface area (Å²) in [6.07, 6.45) is 0. The van der Waals surface area contributed by atoms with Crippen LogP contribution in [0.15, 0.2) is 83.8 Å². The number of aryl methyl sites for hydroxylation is 2. The molecule has 29 heavy (non-hydrogen) atoms. The Bertz CT molecular complexity index is 974. The second kappa shape index (κ2) is 9.94. The molecule has 4 nitrogen and oxygen atoms in total. The number of amides is 1. The molecule has 3 rings (SSSR count). The van der Waals surface area contributed by atoms with Crippen LogP contribution in [0.1, 0.15) is 21.9 Å². The maximum absolute atomic E-state index is 12.8. The Morgan fingerprint density at radius 2 is 1.59 bits per heavy atom. The van der Waals surface area contributed by atoms with Gasteiger partial charge in [0.05, 0.1) is 0 Å². The van der Waals surface area contributed by atoms with Crippen molar-refractivity contribution in [2.75, 3.05) is 11.9 Å². The average molecular weight is 406 g/mol. The zero-order valence-electron chi connectivity index (χ0n) is 16.4. The lowest BCUT2D eigenvalue weighted by molar-refractivity contribution is -0.146. The minimum atomic E-state index is -0.549. The number of ether oxygens (including phenoxy) is 1. The minimum absolute atomic E-state index is 0.328. The molecular formula is C24H23NO3S. The molecule has 0 aromatic heterocycles. The molecule has 0 radical (unpaired) electrons. The Morgan fingerprint density at radius 1 is 0.931 bits per heavy atom. The summed E-state index contributed by atoms with van der Waals surface area (Å²) in [7, 11) is 0. The lowest BCUT2D eigenvalue weighted by Gasteiger charge is -2.16. The first kappa shape index (κ1) is 20.7. The highest BCUT2D eigenvalue weighted by molar-refractivity contribution is 8.00. The van der Waals surface area contributed by atoms with Crippen molar-refractivity contribution in [2.45, 2.75) is 24.0 Å². The molecule has 1 atom stereocenters. The van der Waals surface area contributed by atoms with E-state index in [2.05, 4.69) is 5.32 Å². The fourth-order valence-electron chi connectivity index (χ4n) is 2.78. The fraction of sp³-hybridized carbons (Fsp3) is 0.167. The highest BCUT2D eigenvalue weighted by Crippen LogP contribution is 2.36. The number of thioether (sulfide) groups is 1.